The molecule has 1 N–H and O–H groups in total. The molecule has 0 aliphatic rings. The molecule has 0 spiro atoms. The summed E-state index contributed by atoms with van der Waals surface area (Å²) in [5.41, 5.74) is 1.77. The van der Waals surface area contributed by atoms with Gasteiger partial charge in [0.2, 0.25) is 5.91 Å². The summed E-state index contributed by atoms with van der Waals surface area (Å²) in [7, 11) is 0. The van der Waals surface area contributed by atoms with Crippen molar-refractivity contribution in [2.45, 2.75) is 45.8 Å². The number of fused-ring (bicyclic) bond motifs is 3. The van der Waals surface area contributed by atoms with Crippen molar-refractivity contribution in [3.63, 3.8) is 0 Å². The van der Waals surface area contributed by atoms with Gasteiger partial charge in [-0.3, -0.25) is 14.2 Å². The molecule has 31 heavy (non-hydrogen) atoms. The maximum absolute atomic E-state index is 13.9. The second-order valence-electron chi connectivity index (χ2n) is 8.72. The van der Waals surface area contributed by atoms with Crippen LogP contribution in [0.4, 0.5) is 4.39 Å². The van der Waals surface area contributed by atoms with Crippen molar-refractivity contribution in [1.29, 1.82) is 0 Å². The van der Waals surface area contributed by atoms with Crippen LogP contribution in [-0.2, 0) is 24.3 Å². The highest BCUT2D eigenvalue weighted by Gasteiger charge is 2.21. The summed E-state index contributed by atoms with van der Waals surface area (Å²) in [5, 5.41) is 3.44. The van der Waals surface area contributed by atoms with E-state index >= 15 is 0 Å². The van der Waals surface area contributed by atoms with Crippen molar-refractivity contribution >= 4 is 27.8 Å². The first-order valence-electron chi connectivity index (χ1n) is 10.2. The average Bonchev–Trinajstić information content (AvgIpc) is 3.00. The molecule has 0 fully saturated rings. The minimum absolute atomic E-state index is 0.0531. The molecule has 0 aliphatic carbocycles. The van der Waals surface area contributed by atoms with Crippen LogP contribution in [0.25, 0.3) is 21.9 Å². The van der Waals surface area contributed by atoms with Gasteiger partial charge in [-0.05, 0) is 51.0 Å². The van der Waals surface area contributed by atoms with Crippen LogP contribution < -0.4 is 10.9 Å². The fraction of sp³-hybridized carbons (Fsp3) is 0.292. The molecule has 1 amide bonds. The number of benzene rings is 2. The highest BCUT2D eigenvalue weighted by atomic mass is 19.1. The first-order chi connectivity index (χ1) is 14.7. The number of carbonyl (C=O) groups excluding carboxylic acids is 1. The Kier molecular flexibility index (Phi) is 5.35. The second kappa shape index (κ2) is 7.98. The Morgan fingerprint density at radius 2 is 1.87 bits per heavy atom. The Balaban J connectivity index is 1.81. The van der Waals surface area contributed by atoms with E-state index in [9.17, 15) is 14.0 Å². The number of aryl methyl sites for hydroxylation is 2. The Hall–Kier alpha value is -3.48. The molecule has 0 unspecified atom stereocenters. The lowest BCUT2D eigenvalue weighted by Gasteiger charge is -2.21. The maximum atomic E-state index is 13.9. The lowest BCUT2D eigenvalue weighted by Crippen LogP contribution is -2.42. The Bertz CT molecular complexity index is 1320. The molecule has 4 aromatic rings. The van der Waals surface area contributed by atoms with Gasteiger partial charge in [-0.15, -0.1) is 0 Å². The number of hydrogen-bond donors (Lipinski definition) is 1. The van der Waals surface area contributed by atoms with E-state index in [-0.39, 0.29) is 18.0 Å². The molecule has 0 bridgehead atoms. The summed E-state index contributed by atoms with van der Waals surface area (Å²) in [4.78, 5) is 30.5. The number of amides is 1. The van der Waals surface area contributed by atoms with Gasteiger partial charge in [-0.25, -0.2) is 9.37 Å². The lowest BCUT2D eigenvalue weighted by molar-refractivity contribution is -0.122. The molecular formula is C24H25FN4O2. The summed E-state index contributed by atoms with van der Waals surface area (Å²) in [6.07, 6.45) is 2.17. The predicted octanol–water partition coefficient (Wildman–Crippen LogP) is 3.65. The molecule has 2 heterocycles. The Morgan fingerprint density at radius 1 is 1.13 bits per heavy atom. The zero-order valence-electron chi connectivity index (χ0n) is 17.9. The number of rotatable bonds is 5. The molecule has 0 atom stereocenters. The van der Waals surface area contributed by atoms with E-state index in [0.29, 0.717) is 34.9 Å². The summed E-state index contributed by atoms with van der Waals surface area (Å²) in [6.45, 7) is 6.08. The zero-order chi connectivity index (χ0) is 22.2. The van der Waals surface area contributed by atoms with E-state index in [1.165, 1.54) is 18.5 Å². The molecular weight excluding hydrogens is 395 g/mol. The first kappa shape index (κ1) is 20.8. The number of carbonyl (C=O) groups is 1. The fourth-order valence-electron chi connectivity index (χ4n) is 3.79. The average molecular weight is 420 g/mol. The third-order valence-electron chi connectivity index (χ3n) is 5.09. The van der Waals surface area contributed by atoms with Gasteiger partial charge in [0, 0.05) is 17.5 Å². The van der Waals surface area contributed by atoms with Crippen molar-refractivity contribution in [2.24, 2.45) is 0 Å². The third-order valence-corrected chi connectivity index (χ3v) is 5.09. The van der Waals surface area contributed by atoms with Crippen LogP contribution in [0.15, 0.2) is 59.7 Å². The molecule has 0 saturated heterocycles. The second-order valence-corrected chi connectivity index (χ2v) is 8.72. The standard InChI is InChI=1S/C24H25FN4O2/c1-24(2,3)27-20(30)14-29-19-10-9-17(25)13-18(19)21-22(29)23(31)28(15-26-21)12-11-16-7-5-4-6-8-16/h4-10,13,15H,11-12,14H2,1-3H3,(H,27,30). The molecule has 6 nitrogen and oxygen atoms in total. The van der Waals surface area contributed by atoms with Crippen LogP contribution in [-0.4, -0.2) is 25.6 Å². The van der Waals surface area contributed by atoms with Crippen LogP contribution in [0, 0.1) is 5.82 Å². The normalized spacial score (nSPS) is 11.9. The van der Waals surface area contributed by atoms with Crippen LogP contribution in [0.5, 0.6) is 0 Å². The van der Waals surface area contributed by atoms with Gasteiger partial charge in [-0.2, -0.15) is 0 Å². The van der Waals surface area contributed by atoms with Crippen molar-refractivity contribution < 1.29 is 9.18 Å². The summed E-state index contributed by atoms with van der Waals surface area (Å²) < 4.78 is 17.1. The summed E-state index contributed by atoms with van der Waals surface area (Å²) in [5.74, 6) is -0.643. The van der Waals surface area contributed by atoms with Gasteiger partial charge in [0.05, 0.1) is 11.8 Å². The molecule has 4 rings (SSSR count). The van der Waals surface area contributed by atoms with E-state index in [1.807, 2.05) is 51.1 Å². The highest BCUT2D eigenvalue weighted by Crippen LogP contribution is 2.26. The molecule has 160 valence electrons. The molecule has 0 radical (unpaired) electrons. The predicted molar refractivity (Wildman–Crippen MR) is 119 cm³/mol. The van der Waals surface area contributed by atoms with Gasteiger partial charge >= 0.3 is 0 Å². The van der Waals surface area contributed by atoms with Crippen molar-refractivity contribution in [3.05, 3.63) is 76.6 Å². The molecule has 2 aromatic carbocycles. The topological polar surface area (TPSA) is 68.9 Å². The molecule has 0 saturated carbocycles. The number of nitrogens with one attached hydrogen (secondary N) is 1. The zero-order valence-corrected chi connectivity index (χ0v) is 17.9. The van der Waals surface area contributed by atoms with Gasteiger partial charge in [-0.1, -0.05) is 30.3 Å². The molecule has 2 aromatic heterocycles. The van der Waals surface area contributed by atoms with Gasteiger partial charge in [0.15, 0.2) is 0 Å². The number of aromatic nitrogens is 3. The van der Waals surface area contributed by atoms with Gasteiger partial charge in [0.1, 0.15) is 23.4 Å². The van der Waals surface area contributed by atoms with E-state index in [0.717, 1.165) is 5.56 Å². The van der Waals surface area contributed by atoms with E-state index < -0.39 is 11.4 Å². The Labute approximate surface area is 179 Å². The fourth-order valence-corrected chi connectivity index (χ4v) is 3.79. The number of halogens is 1. The quantitative estimate of drug-likeness (QED) is 0.536. The minimum atomic E-state index is -0.416. The van der Waals surface area contributed by atoms with Crippen LogP contribution in [0.3, 0.4) is 0 Å². The smallest absolute Gasteiger partial charge is 0.277 e. The molecule has 7 heteroatoms. The number of nitrogens with zero attached hydrogens (tertiary/aromatic N) is 3. The monoisotopic (exact) mass is 420 g/mol. The van der Waals surface area contributed by atoms with Crippen molar-refractivity contribution in [3.8, 4) is 0 Å². The SMILES string of the molecule is CC(C)(C)NC(=O)Cn1c2ccc(F)cc2c2ncn(CCc3ccccc3)c(=O)c21. The maximum Gasteiger partial charge on any atom is 0.277 e. The van der Waals surface area contributed by atoms with Crippen molar-refractivity contribution in [1.82, 2.24) is 19.4 Å². The lowest BCUT2D eigenvalue weighted by atomic mass is 10.1. The van der Waals surface area contributed by atoms with Crippen LogP contribution in [0.1, 0.15) is 26.3 Å². The van der Waals surface area contributed by atoms with Gasteiger partial charge in [0.25, 0.3) is 5.56 Å². The van der Waals surface area contributed by atoms with E-state index in [2.05, 4.69) is 10.3 Å². The highest BCUT2D eigenvalue weighted by molar-refractivity contribution is 6.06. The number of hydrogen-bond acceptors (Lipinski definition) is 3. The van der Waals surface area contributed by atoms with E-state index in [4.69, 9.17) is 0 Å². The largest absolute Gasteiger partial charge is 0.350 e. The van der Waals surface area contributed by atoms with Crippen LogP contribution >= 0.6 is 0 Å². The Morgan fingerprint density at radius 3 is 2.58 bits per heavy atom. The molecule has 0 aliphatic heterocycles. The van der Waals surface area contributed by atoms with Crippen molar-refractivity contribution in [2.75, 3.05) is 0 Å². The van der Waals surface area contributed by atoms with E-state index in [1.54, 1.807) is 15.2 Å². The summed E-state index contributed by atoms with van der Waals surface area (Å²) in [6, 6.07) is 14.2. The first-order valence-corrected chi connectivity index (χ1v) is 10.2. The summed E-state index contributed by atoms with van der Waals surface area (Å²) >= 11 is 0. The van der Waals surface area contributed by atoms with Crippen LogP contribution in [0.2, 0.25) is 0 Å². The third kappa shape index (κ3) is 4.35. The van der Waals surface area contributed by atoms with Gasteiger partial charge < -0.3 is 9.88 Å². The minimum Gasteiger partial charge on any atom is -0.350 e.